The SMILES string of the molecule is O=S(=O)(Nc1ccc(Cl)c(F)c1)c1sccc1Br. The van der Waals surface area contributed by atoms with E-state index in [0.29, 0.717) is 4.47 Å². The number of hydrogen-bond acceptors (Lipinski definition) is 3. The van der Waals surface area contributed by atoms with Crippen molar-refractivity contribution in [3.63, 3.8) is 0 Å². The minimum absolute atomic E-state index is 0.0600. The molecule has 3 nitrogen and oxygen atoms in total. The maximum absolute atomic E-state index is 13.2. The summed E-state index contributed by atoms with van der Waals surface area (Å²) in [5, 5.41) is 1.58. The van der Waals surface area contributed by atoms with Gasteiger partial charge in [-0.3, -0.25) is 4.72 Å². The first-order valence-corrected chi connectivity index (χ1v) is 8.14. The number of nitrogens with one attached hydrogen (secondary N) is 1. The van der Waals surface area contributed by atoms with Crippen LogP contribution in [-0.2, 0) is 10.0 Å². The van der Waals surface area contributed by atoms with E-state index in [9.17, 15) is 12.8 Å². The van der Waals surface area contributed by atoms with Gasteiger partial charge in [-0.2, -0.15) is 0 Å². The predicted molar refractivity (Wildman–Crippen MR) is 74.2 cm³/mol. The second-order valence-electron chi connectivity index (χ2n) is 3.29. The van der Waals surface area contributed by atoms with Gasteiger partial charge >= 0.3 is 0 Å². The molecule has 0 unspecified atom stereocenters. The van der Waals surface area contributed by atoms with Crippen LogP contribution in [0.4, 0.5) is 10.1 Å². The van der Waals surface area contributed by atoms with Gasteiger partial charge in [-0.25, -0.2) is 12.8 Å². The van der Waals surface area contributed by atoms with Crippen molar-refractivity contribution >= 4 is 54.6 Å². The van der Waals surface area contributed by atoms with Crippen LogP contribution in [0.2, 0.25) is 5.02 Å². The first kappa shape index (κ1) is 13.8. The van der Waals surface area contributed by atoms with Gasteiger partial charge in [0, 0.05) is 4.47 Å². The highest BCUT2D eigenvalue weighted by Crippen LogP contribution is 2.29. The highest BCUT2D eigenvalue weighted by Gasteiger charge is 2.19. The molecule has 1 aromatic carbocycles. The van der Waals surface area contributed by atoms with Crippen molar-refractivity contribution in [1.82, 2.24) is 0 Å². The number of rotatable bonds is 3. The quantitative estimate of drug-likeness (QED) is 0.884. The van der Waals surface area contributed by atoms with Crippen LogP contribution in [-0.4, -0.2) is 8.42 Å². The summed E-state index contributed by atoms with van der Waals surface area (Å²) < 4.78 is 40.1. The molecule has 0 atom stereocenters. The topological polar surface area (TPSA) is 46.2 Å². The van der Waals surface area contributed by atoms with Crippen LogP contribution in [0.15, 0.2) is 38.3 Å². The van der Waals surface area contributed by atoms with E-state index in [1.54, 1.807) is 11.4 Å². The number of sulfonamides is 1. The molecule has 0 saturated carbocycles. The van der Waals surface area contributed by atoms with Gasteiger partial charge in [0.25, 0.3) is 10.0 Å². The average molecular weight is 371 g/mol. The van der Waals surface area contributed by atoms with E-state index in [0.717, 1.165) is 17.4 Å². The van der Waals surface area contributed by atoms with Crippen molar-refractivity contribution < 1.29 is 12.8 Å². The van der Waals surface area contributed by atoms with Crippen LogP contribution in [0.1, 0.15) is 0 Å². The first-order chi connectivity index (χ1) is 8.40. The molecule has 0 fully saturated rings. The lowest BCUT2D eigenvalue weighted by Crippen LogP contribution is -2.12. The fourth-order valence-corrected chi connectivity index (χ4v) is 4.74. The fraction of sp³-hybridized carbons (Fsp3) is 0. The number of hydrogen-bond donors (Lipinski definition) is 1. The molecular formula is C10H6BrClFNO2S2. The van der Waals surface area contributed by atoms with Gasteiger partial charge < -0.3 is 0 Å². The third kappa shape index (κ3) is 2.85. The van der Waals surface area contributed by atoms with Gasteiger partial charge in [0.2, 0.25) is 0 Å². The van der Waals surface area contributed by atoms with E-state index in [2.05, 4.69) is 20.7 Å². The Balaban J connectivity index is 2.34. The average Bonchev–Trinajstić information content (AvgIpc) is 2.70. The summed E-state index contributed by atoms with van der Waals surface area (Å²) in [6, 6.07) is 5.34. The molecule has 0 aliphatic heterocycles. The molecule has 0 aliphatic carbocycles. The number of anilines is 1. The molecule has 1 heterocycles. The second-order valence-corrected chi connectivity index (χ2v) is 7.35. The Kier molecular flexibility index (Phi) is 3.96. The number of halogens is 3. The van der Waals surface area contributed by atoms with Crippen molar-refractivity contribution in [2.45, 2.75) is 4.21 Å². The smallest absolute Gasteiger partial charge is 0.272 e. The van der Waals surface area contributed by atoms with Crippen LogP contribution in [0.25, 0.3) is 0 Å². The summed E-state index contributed by atoms with van der Waals surface area (Å²) in [4.78, 5) is 0. The third-order valence-corrected chi connectivity index (χ3v) is 6.36. The molecule has 0 radical (unpaired) electrons. The van der Waals surface area contributed by atoms with Gasteiger partial charge in [0.05, 0.1) is 10.7 Å². The normalized spacial score (nSPS) is 11.5. The monoisotopic (exact) mass is 369 g/mol. The highest BCUT2D eigenvalue weighted by molar-refractivity contribution is 9.10. The molecule has 0 aliphatic rings. The molecule has 0 spiro atoms. The van der Waals surface area contributed by atoms with Crippen molar-refractivity contribution in [2.75, 3.05) is 4.72 Å². The number of benzene rings is 1. The summed E-state index contributed by atoms with van der Waals surface area (Å²) >= 11 is 9.72. The Morgan fingerprint density at radius 1 is 1.33 bits per heavy atom. The fourth-order valence-electron chi connectivity index (χ4n) is 1.23. The van der Waals surface area contributed by atoms with Crippen LogP contribution < -0.4 is 4.72 Å². The van der Waals surface area contributed by atoms with Gasteiger partial charge in [-0.1, -0.05) is 11.6 Å². The Morgan fingerprint density at radius 3 is 2.61 bits per heavy atom. The zero-order valence-electron chi connectivity index (χ0n) is 8.65. The van der Waals surface area contributed by atoms with Crippen molar-refractivity contribution in [3.05, 3.63) is 45.0 Å². The van der Waals surface area contributed by atoms with Gasteiger partial charge in [0.15, 0.2) is 4.21 Å². The van der Waals surface area contributed by atoms with E-state index in [-0.39, 0.29) is 14.9 Å². The van der Waals surface area contributed by atoms with Crippen LogP contribution in [0.3, 0.4) is 0 Å². The summed E-state index contributed by atoms with van der Waals surface area (Å²) in [7, 11) is -3.72. The van der Waals surface area contributed by atoms with Crippen molar-refractivity contribution in [3.8, 4) is 0 Å². The van der Waals surface area contributed by atoms with Crippen molar-refractivity contribution in [1.29, 1.82) is 0 Å². The molecule has 8 heteroatoms. The van der Waals surface area contributed by atoms with Crippen LogP contribution >= 0.6 is 38.9 Å². The third-order valence-electron chi connectivity index (χ3n) is 2.00. The van der Waals surface area contributed by atoms with Crippen LogP contribution in [0.5, 0.6) is 0 Å². The van der Waals surface area contributed by atoms with Gasteiger partial charge in [-0.05, 0) is 45.6 Å². The minimum atomic E-state index is -3.72. The Labute approximate surface area is 121 Å². The highest BCUT2D eigenvalue weighted by atomic mass is 79.9. The zero-order valence-corrected chi connectivity index (χ0v) is 12.6. The maximum Gasteiger partial charge on any atom is 0.272 e. The van der Waals surface area contributed by atoms with Crippen molar-refractivity contribution in [2.24, 2.45) is 0 Å². The van der Waals surface area contributed by atoms with Gasteiger partial charge in [0.1, 0.15) is 5.82 Å². The molecule has 2 rings (SSSR count). The molecule has 96 valence electrons. The Morgan fingerprint density at radius 2 is 2.06 bits per heavy atom. The standard InChI is InChI=1S/C10H6BrClFNO2S2/c11-7-3-4-17-10(7)18(15,16)14-6-1-2-8(12)9(13)5-6/h1-5,14H. The van der Waals surface area contributed by atoms with E-state index in [4.69, 9.17) is 11.6 Å². The molecular weight excluding hydrogens is 365 g/mol. The van der Waals surface area contributed by atoms with Gasteiger partial charge in [-0.15, -0.1) is 11.3 Å². The summed E-state index contributed by atoms with van der Waals surface area (Å²) in [5.74, 6) is -0.679. The molecule has 0 bridgehead atoms. The second kappa shape index (κ2) is 5.16. The summed E-state index contributed by atoms with van der Waals surface area (Å²) in [5.41, 5.74) is 0.122. The largest absolute Gasteiger partial charge is 0.279 e. The zero-order chi connectivity index (χ0) is 13.3. The Bertz CT molecular complexity index is 687. The molecule has 18 heavy (non-hydrogen) atoms. The van der Waals surface area contributed by atoms with E-state index in [1.807, 2.05) is 0 Å². The van der Waals surface area contributed by atoms with E-state index in [1.165, 1.54) is 12.1 Å². The maximum atomic E-state index is 13.2. The molecule has 1 aromatic heterocycles. The van der Waals surface area contributed by atoms with E-state index < -0.39 is 15.8 Å². The lowest BCUT2D eigenvalue weighted by Gasteiger charge is -2.07. The van der Waals surface area contributed by atoms with Crippen LogP contribution in [0, 0.1) is 5.82 Å². The first-order valence-electron chi connectivity index (χ1n) is 4.61. The van der Waals surface area contributed by atoms with E-state index >= 15 is 0 Å². The molecule has 1 N–H and O–H groups in total. The molecule has 2 aromatic rings. The lowest BCUT2D eigenvalue weighted by atomic mass is 10.3. The summed E-state index contributed by atoms with van der Waals surface area (Å²) in [6.45, 7) is 0. The summed E-state index contributed by atoms with van der Waals surface area (Å²) in [6.07, 6.45) is 0. The minimum Gasteiger partial charge on any atom is -0.279 e. The molecule has 0 saturated heterocycles. The predicted octanol–water partition coefficient (Wildman–Crippen LogP) is 4.10. The lowest BCUT2D eigenvalue weighted by molar-refractivity contribution is 0.602. The number of thiophene rings is 1. The molecule has 0 amide bonds. The Hall–Kier alpha value is -0.630.